The lowest BCUT2D eigenvalue weighted by Gasteiger charge is -2.44. The molecule has 7 aliphatic heterocycles. The minimum absolute atomic E-state index is 0. The summed E-state index contributed by atoms with van der Waals surface area (Å²) in [6, 6.07) is 46.3. The third-order valence-corrected chi connectivity index (χ3v) is 26.5. The maximum atomic E-state index is 13.0. The summed E-state index contributed by atoms with van der Waals surface area (Å²) >= 11 is 0. The molecule has 7 saturated heterocycles. The van der Waals surface area contributed by atoms with Crippen LogP contribution in [0.1, 0.15) is 193 Å². The number of aliphatic hydroxyl groups is 1. The highest BCUT2D eigenvalue weighted by molar-refractivity contribution is 6.09. The number of pyridine rings is 1. The SMILES string of the molecule is CCCCOc1c(OC)cc(C(=O)NCC2(N(C)C)CCOCC2)cc1OC.CCCCOc1c(OC)cc(C(=O)NCC2(O)CCCCC2)cc1OC.CCCCOc1c(OC)cc(C(=O)N[C@H]2CN3CCC2CC3)cc1OC.COc1cc(C(=O)N[C@H]2CN3CCC2CC3)cc(OC)c1OCc1ccccc1.COc1cc(C(=O)Nc2cccc3ncccc23)cc(OC)c1OCc1ccccc1.Cl. The van der Waals surface area contributed by atoms with Gasteiger partial charge in [0, 0.05) is 96.4 Å². The van der Waals surface area contributed by atoms with E-state index in [0.717, 1.165) is 158 Å². The lowest BCUT2D eigenvalue weighted by atomic mass is 9.84. The van der Waals surface area contributed by atoms with E-state index in [1.807, 2.05) is 105 Å². The van der Waals surface area contributed by atoms with Crippen molar-refractivity contribution in [1.82, 2.24) is 41.0 Å². The molecule has 2 atom stereocenters. The molecule has 9 aromatic rings. The zero-order valence-corrected chi connectivity index (χ0v) is 85.5. The topological polar surface area (TPSA) is 336 Å². The highest BCUT2D eigenvalue weighted by Gasteiger charge is 2.39. The molecule has 31 nitrogen and oxygen atoms in total. The average Bonchev–Trinajstić information content (AvgIpc) is 0.838. The highest BCUT2D eigenvalue weighted by atomic mass is 35.5. The predicted octanol–water partition coefficient (Wildman–Crippen LogP) is 17.3. The molecule has 17 rings (SSSR count). The van der Waals surface area contributed by atoms with Crippen molar-refractivity contribution in [3.63, 3.8) is 0 Å². The number of aromatic nitrogens is 1. The smallest absolute Gasteiger partial charge is 0.255 e. The molecule has 32 heteroatoms. The zero-order chi connectivity index (χ0) is 99.9. The van der Waals surface area contributed by atoms with Gasteiger partial charge in [-0.15, -0.1) is 12.4 Å². The molecule has 6 N–H and O–H groups in total. The second-order valence-electron chi connectivity index (χ2n) is 35.9. The number of unbranched alkanes of at least 4 members (excludes halogenated alkanes) is 3. The number of benzene rings is 8. The van der Waals surface area contributed by atoms with Crippen LogP contribution in [-0.4, -0.2) is 248 Å². The Bertz CT molecular complexity index is 5310. The van der Waals surface area contributed by atoms with Crippen LogP contribution in [-0.2, 0) is 18.0 Å². The summed E-state index contributed by atoms with van der Waals surface area (Å²) in [5, 5.41) is 26.7. The Morgan fingerprint density at radius 2 is 0.752 bits per heavy atom. The van der Waals surface area contributed by atoms with Gasteiger partial charge in [0.1, 0.15) is 13.2 Å². The van der Waals surface area contributed by atoms with Gasteiger partial charge in [-0.05, 0) is 219 Å². The number of nitrogens with one attached hydrogen (secondary N) is 5. The molecule has 8 heterocycles. The fraction of sp³-hybridized carbons (Fsp3) is 0.486. The van der Waals surface area contributed by atoms with Gasteiger partial charge in [0.05, 0.1) is 108 Å². The van der Waals surface area contributed by atoms with Crippen molar-refractivity contribution in [2.75, 3.05) is 176 Å². The Kier molecular flexibility index (Phi) is 44.2. The van der Waals surface area contributed by atoms with Gasteiger partial charge >= 0.3 is 0 Å². The molecule has 8 aromatic carbocycles. The summed E-state index contributed by atoms with van der Waals surface area (Å²) in [7, 11) is 19.6. The molecule has 4 bridgehead atoms. The number of amides is 5. The predicted molar refractivity (Wildman–Crippen MR) is 547 cm³/mol. The molecule has 8 aliphatic rings. The van der Waals surface area contributed by atoms with Crippen molar-refractivity contribution in [2.24, 2.45) is 11.8 Å². The lowest BCUT2D eigenvalue weighted by Crippen LogP contribution is -2.57. The van der Waals surface area contributed by atoms with E-state index in [4.69, 9.17) is 75.8 Å². The molecule has 0 unspecified atom stereocenters. The molecule has 1 aromatic heterocycles. The van der Waals surface area contributed by atoms with E-state index in [2.05, 4.69) is 67.0 Å². The van der Waals surface area contributed by atoms with Gasteiger partial charge in [0.25, 0.3) is 29.5 Å². The van der Waals surface area contributed by atoms with Gasteiger partial charge < -0.3 is 122 Å². The van der Waals surface area contributed by atoms with Crippen molar-refractivity contribution in [1.29, 1.82) is 0 Å². The first kappa shape index (κ1) is 111. The number of carbonyl (C=O) groups excluding carboxylic acids is 5. The molecule has 1 aliphatic carbocycles. The first-order valence-corrected chi connectivity index (χ1v) is 48.8. The van der Waals surface area contributed by atoms with Crippen molar-refractivity contribution in [2.45, 2.75) is 166 Å². The number of piperidine rings is 6. The zero-order valence-electron chi connectivity index (χ0n) is 84.7. The minimum Gasteiger partial charge on any atom is -0.493 e. The Labute approximate surface area is 836 Å². The summed E-state index contributed by atoms with van der Waals surface area (Å²) in [6.45, 7) is 17.5. The molecule has 1 saturated carbocycles. The number of anilines is 1. The Hall–Kier alpha value is -12.4. The first-order chi connectivity index (χ1) is 68.0. The molecule has 8 fully saturated rings. The van der Waals surface area contributed by atoms with Crippen LogP contribution in [0.3, 0.4) is 0 Å². The molecular formula is C109H146ClN9O22. The van der Waals surface area contributed by atoms with Gasteiger partial charge in [-0.3, -0.25) is 29.0 Å². The van der Waals surface area contributed by atoms with Crippen LogP contribution in [0.15, 0.2) is 158 Å². The first-order valence-electron chi connectivity index (χ1n) is 48.8. The van der Waals surface area contributed by atoms with Crippen LogP contribution in [0, 0.1) is 11.8 Å². The third kappa shape index (κ3) is 30.8. The Morgan fingerprint density at radius 1 is 0.411 bits per heavy atom. The maximum absolute atomic E-state index is 13.0. The molecule has 766 valence electrons. The molecular weight excluding hydrogens is 1820 g/mol. The number of hydrogen-bond donors (Lipinski definition) is 6. The van der Waals surface area contributed by atoms with E-state index in [1.165, 1.54) is 41.3 Å². The van der Waals surface area contributed by atoms with Crippen LogP contribution >= 0.6 is 12.4 Å². The molecule has 141 heavy (non-hydrogen) atoms. The summed E-state index contributed by atoms with van der Waals surface area (Å²) in [4.78, 5) is 75.5. The quantitative estimate of drug-likeness (QED) is 0.0194. The van der Waals surface area contributed by atoms with E-state index in [0.29, 0.717) is 184 Å². The lowest BCUT2D eigenvalue weighted by molar-refractivity contribution is -0.00658. The number of rotatable bonds is 41. The van der Waals surface area contributed by atoms with E-state index in [9.17, 15) is 29.1 Å². The van der Waals surface area contributed by atoms with Crippen LogP contribution in [0.2, 0.25) is 0 Å². The monoisotopic (exact) mass is 1970 g/mol. The van der Waals surface area contributed by atoms with Crippen LogP contribution in [0.4, 0.5) is 5.69 Å². The number of hydrogen-bond acceptors (Lipinski definition) is 26. The highest BCUT2D eigenvalue weighted by Crippen LogP contribution is 2.45. The van der Waals surface area contributed by atoms with Crippen LogP contribution in [0.5, 0.6) is 86.2 Å². The summed E-state index contributed by atoms with van der Waals surface area (Å²) in [5.41, 5.74) is 4.99. The van der Waals surface area contributed by atoms with E-state index < -0.39 is 5.60 Å². The summed E-state index contributed by atoms with van der Waals surface area (Å²) < 4.78 is 89.5. The number of carbonyl (C=O) groups is 5. The van der Waals surface area contributed by atoms with Gasteiger partial charge in [-0.1, -0.05) is 126 Å². The number of likely N-dealkylation sites (N-methyl/N-ethyl adjacent to an activating group) is 1. The van der Waals surface area contributed by atoms with Crippen LogP contribution < -0.4 is 97.6 Å². The second-order valence-corrected chi connectivity index (χ2v) is 35.9. The number of fused-ring (bicyclic) bond motifs is 7. The van der Waals surface area contributed by atoms with Gasteiger partial charge in [0.2, 0.25) is 28.7 Å². The molecule has 0 spiro atoms. The second kappa shape index (κ2) is 56.3. The van der Waals surface area contributed by atoms with Crippen molar-refractivity contribution in [3.05, 3.63) is 197 Å². The van der Waals surface area contributed by atoms with Crippen LogP contribution in [0.25, 0.3) is 10.9 Å². The van der Waals surface area contributed by atoms with Crippen molar-refractivity contribution >= 4 is 58.5 Å². The van der Waals surface area contributed by atoms with Crippen molar-refractivity contribution in [3.8, 4) is 86.2 Å². The van der Waals surface area contributed by atoms with Crippen molar-refractivity contribution < 1.29 is 105 Å². The van der Waals surface area contributed by atoms with Gasteiger partial charge in [-0.2, -0.15) is 0 Å². The number of ether oxygens (including phenoxy) is 16. The Morgan fingerprint density at radius 3 is 1.09 bits per heavy atom. The molecule has 5 amide bonds. The standard InChI is InChI=1S/C25H22N2O4.C23H28N2O4.C21H34N2O5.C20H30N2O4.C20H31NO5.ClH/c1-29-22-14-18(15-23(30-2)24(22)31-16-17-8-4-3-5-9-17)25(28)27-21-12-6-11-20-19(21)10-7-13-26-20;1-27-20-12-18(23(26)24-19-14-25-10-8-17(19)9-11-25)13-21(28-2)22(20)29-15-16-6-4-3-5-7-16;1-6-7-10-28-19-17(25-4)13-16(14-18(19)26-5)20(24)22-15-21(23(2)3)8-11-27-12-9-21;1-4-5-10-26-19-17(24-2)11-15(12-18(19)25-3)20(23)21-16-13-22-8-6-14(16)7-9-22;1-4-5-11-26-18-16(24-2)12-15(13-17(18)25-3)19(22)21-14-20(23)9-7-6-8-10-20;/h3-15H,16H2,1-2H3,(H,27,28);3-7,12-13,17,19H,8-11,14-15H2,1-2H3,(H,24,26);13-14H,6-12,15H2,1-5H3,(H,22,24);11-12,14,16H,4-10,13H2,1-3H3,(H,21,23);12-13,23H,4-11,14H2,1-3H3,(H,21,22);1H/t;19-;;16-;;/m.0.0../s1. The van der Waals surface area contributed by atoms with E-state index in [-0.39, 0.29) is 66.1 Å². The Balaban J connectivity index is 0.000000181. The fourth-order valence-corrected chi connectivity index (χ4v) is 18.0. The normalized spacial score (nSPS) is 17.6. The van der Waals surface area contributed by atoms with Gasteiger partial charge in [0.15, 0.2) is 57.5 Å². The average molecular weight is 1970 g/mol. The number of nitrogens with zero attached hydrogens (tertiary/aromatic N) is 4. The number of halogens is 1. The minimum atomic E-state index is -0.800. The maximum Gasteiger partial charge on any atom is 0.255 e. The third-order valence-electron chi connectivity index (χ3n) is 26.5. The largest absolute Gasteiger partial charge is 0.493 e. The summed E-state index contributed by atoms with van der Waals surface area (Å²) in [6.07, 6.45) is 18.6. The fourth-order valence-electron chi connectivity index (χ4n) is 18.0. The summed E-state index contributed by atoms with van der Waals surface area (Å²) in [5.74, 6) is 7.56. The van der Waals surface area contributed by atoms with E-state index >= 15 is 0 Å². The van der Waals surface area contributed by atoms with E-state index in [1.54, 1.807) is 110 Å². The molecule has 0 radical (unpaired) electrons. The van der Waals surface area contributed by atoms with Gasteiger partial charge in [-0.25, -0.2) is 0 Å². The number of methoxy groups -OCH3 is 10.